The minimum atomic E-state index is -6.04. The van der Waals surface area contributed by atoms with Crippen LogP contribution in [0.3, 0.4) is 0 Å². The molecular weight excluding hydrogens is 438 g/mol. The second-order valence-corrected chi connectivity index (χ2v) is 11.4. The molecule has 1 aliphatic heterocycles. The van der Waals surface area contributed by atoms with Crippen molar-refractivity contribution in [3.63, 3.8) is 0 Å². The molecular formula is C10H20BF2O11P3. The van der Waals surface area contributed by atoms with E-state index in [-0.39, 0.29) is 0 Å². The Labute approximate surface area is 154 Å². The standard InChI is InChI=1S/C10H20BF2O11P3/c1-22-25(2,15)24-7-6(14)8(11)23-9(7,3-4-26(16,17)18)5-10(12,13)27(19,20)21/h6-8,14-15H,2-5H2,1H3,(H2,16,17,18)(H2,19,20,21)/t6?,7-,8-,9-,25?/m1/s1. The van der Waals surface area contributed by atoms with E-state index >= 15 is 0 Å². The Morgan fingerprint density at radius 3 is 2.19 bits per heavy atom. The van der Waals surface area contributed by atoms with Gasteiger partial charge in [0.1, 0.15) is 25.7 Å². The Kier molecular flexibility index (Phi) is 7.72. The first-order valence-electron chi connectivity index (χ1n) is 7.16. The third kappa shape index (κ3) is 6.40. The minimum absolute atomic E-state index is 0.938. The molecule has 0 saturated carbocycles. The monoisotopic (exact) mass is 458 g/mol. The molecule has 0 spiro atoms. The van der Waals surface area contributed by atoms with E-state index < -0.39 is 71.2 Å². The van der Waals surface area contributed by atoms with Crippen LogP contribution in [0.5, 0.6) is 0 Å². The van der Waals surface area contributed by atoms with Gasteiger partial charge in [0.15, 0.2) is 0 Å². The lowest BCUT2D eigenvalue weighted by Crippen LogP contribution is -2.49. The second-order valence-electron chi connectivity index (χ2n) is 6.01. The maximum atomic E-state index is 14.1. The van der Waals surface area contributed by atoms with Gasteiger partial charge < -0.3 is 43.4 Å². The van der Waals surface area contributed by atoms with Gasteiger partial charge in [-0.15, -0.1) is 0 Å². The van der Waals surface area contributed by atoms with E-state index in [2.05, 4.69) is 10.8 Å². The summed E-state index contributed by atoms with van der Waals surface area (Å²) in [6.07, 6.45) is -4.55. The van der Waals surface area contributed by atoms with Gasteiger partial charge in [0.25, 0.3) is 0 Å². The summed E-state index contributed by atoms with van der Waals surface area (Å²) in [5.74, 6) is 0. The first kappa shape index (κ1) is 25.4. The summed E-state index contributed by atoms with van der Waals surface area (Å²) < 4.78 is 65.1. The summed E-state index contributed by atoms with van der Waals surface area (Å²) in [5, 5.41) is 10.1. The summed E-state index contributed by atoms with van der Waals surface area (Å²) in [6.45, 7) is 0. The van der Waals surface area contributed by atoms with E-state index in [0.717, 1.165) is 7.11 Å². The minimum Gasteiger partial charge on any atom is -0.388 e. The third-order valence-corrected chi connectivity index (χ3v) is 6.81. The lowest BCUT2D eigenvalue weighted by molar-refractivity contribution is -0.113. The van der Waals surface area contributed by atoms with Crippen molar-refractivity contribution in [1.82, 2.24) is 0 Å². The number of hydrogen-bond donors (Lipinski definition) is 6. The van der Waals surface area contributed by atoms with Crippen LogP contribution < -0.4 is 0 Å². The van der Waals surface area contributed by atoms with Gasteiger partial charge in [0.05, 0.1) is 12.6 Å². The van der Waals surface area contributed by atoms with Crippen LogP contribution in [0.1, 0.15) is 12.8 Å². The van der Waals surface area contributed by atoms with Gasteiger partial charge in [0, 0.05) is 13.1 Å². The molecule has 1 rings (SSSR count). The molecule has 0 aromatic rings. The number of alkyl halides is 2. The molecule has 27 heavy (non-hydrogen) atoms. The van der Waals surface area contributed by atoms with Crippen LogP contribution >= 0.6 is 22.8 Å². The Bertz CT molecular complexity index is 681. The molecule has 0 aromatic carbocycles. The molecule has 158 valence electrons. The highest BCUT2D eigenvalue weighted by molar-refractivity contribution is 7.58. The third-order valence-electron chi connectivity index (χ3n) is 3.86. The summed E-state index contributed by atoms with van der Waals surface area (Å²) in [6, 6.07) is -1.73. The fourth-order valence-corrected chi connectivity index (χ4v) is 4.40. The number of hydrogen-bond acceptors (Lipinski definition) is 7. The molecule has 1 heterocycles. The average Bonchev–Trinajstić information content (AvgIpc) is 2.68. The van der Waals surface area contributed by atoms with Gasteiger partial charge in [0.2, 0.25) is 7.57 Å². The number of ether oxygens (including phenoxy) is 1. The highest BCUT2D eigenvalue weighted by Gasteiger charge is 2.63. The molecule has 1 fully saturated rings. The van der Waals surface area contributed by atoms with Gasteiger partial charge in [-0.25, -0.2) is 0 Å². The van der Waals surface area contributed by atoms with Gasteiger partial charge in [-0.1, -0.05) is 0 Å². The predicted molar refractivity (Wildman–Crippen MR) is 90.6 cm³/mol. The van der Waals surface area contributed by atoms with Crippen LogP contribution in [0.4, 0.5) is 8.78 Å². The molecule has 0 amide bonds. The Morgan fingerprint density at radius 1 is 1.26 bits per heavy atom. The Morgan fingerprint density at radius 2 is 1.78 bits per heavy atom. The number of rotatable bonds is 9. The largest absolute Gasteiger partial charge is 0.394 e. The predicted octanol–water partition coefficient (Wildman–Crippen LogP) is -0.442. The van der Waals surface area contributed by atoms with E-state index in [4.69, 9.17) is 36.7 Å². The van der Waals surface area contributed by atoms with Gasteiger partial charge in [-0.2, -0.15) is 8.78 Å². The van der Waals surface area contributed by atoms with Gasteiger partial charge in [-0.05, 0) is 12.7 Å². The molecule has 0 aliphatic carbocycles. The maximum Gasteiger partial charge on any atom is 0.394 e. The van der Waals surface area contributed by atoms with Crippen molar-refractivity contribution in [2.75, 3.05) is 13.3 Å². The molecule has 17 heteroatoms. The number of halogens is 2. The highest BCUT2D eigenvalue weighted by Crippen LogP contribution is 2.60. The number of aliphatic hydroxyl groups excluding tert-OH is 1. The van der Waals surface area contributed by atoms with Crippen molar-refractivity contribution in [3.05, 3.63) is 0 Å². The molecule has 1 aliphatic rings. The van der Waals surface area contributed by atoms with E-state index in [1.807, 2.05) is 0 Å². The molecule has 11 nitrogen and oxygen atoms in total. The van der Waals surface area contributed by atoms with Gasteiger partial charge in [-0.3, -0.25) is 9.13 Å². The fraction of sp³-hybridized carbons (Fsp3) is 0.900. The van der Waals surface area contributed by atoms with Crippen LogP contribution in [0.2, 0.25) is 0 Å². The lowest BCUT2D eigenvalue weighted by atomic mass is 9.86. The molecule has 0 bridgehead atoms. The second kappa shape index (κ2) is 8.22. The first-order valence-corrected chi connectivity index (χ1v) is 12.3. The van der Waals surface area contributed by atoms with Crippen molar-refractivity contribution in [3.8, 4) is 0 Å². The summed E-state index contributed by atoms with van der Waals surface area (Å²) in [7, 11) is -8.39. The smallest absolute Gasteiger partial charge is 0.388 e. The summed E-state index contributed by atoms with van der Waals surface area (Å²) in [5.41, 5.74) is -7.30. The summed E-state index contributed by atoms with van der Waals surface area (Å²) >= 11 is 0. The molecule has 0 aromatic heterocycles. The highest BCUT2D eigenvalue weighted by atomic mass is 31.2. The van der Waals surface area contributed by atoms with Crippen LogP contribution in [0, 0.1) is 0 Å². The zero-order chi connectivity index (χ0) is 21.5. The van der Waals surface area contributed by atoms with Crippen molar-refractivity contribution >= 4 is 36.9 Å². The van der Waals surface area contributed by atoms with E-state index in [9.17, 15) is 27.9 Å². The Balaban J connectivity index is 3.41. The SMILES string of the molecule is [B][C@@H]1O[C@](CCP(=O)(O)O)(CC(F)(F)P(=O)(O)O)[C@H](OP(=C)(O)OC)C1O. The Hall–Kier alpha value is 0.325. The van der Waals surface area contributed by atoms with E-state index in [0.29, 0.717) is 0 Å². The molecule has 1 saturated heterocycles. The molecule has 2 radical (unpaired) electrons. The van der Waals surface area contributed by atoms with Gasteiger partial charge >= 0.3 is 20.9 Å². The zero-order valence-corrected chi connectivity index (χ0v) is 16.6. The van der Waals surface area contributed by atoms with Crippen molar-refractivity contribution < 1.29 is 61.3 Å². The average molecular weight is 458 g/mol. The summed E-state index contributed by atoms with van der Waals surface area (Å²) in [4.78, 5) is 45.7. The van der Waals surface area contributed by atoms with Crippen LogP contribution in [0.15, 0.2) is 0 Å². The molecule has 6 N–H and O–H groups in total. The van der Waals surface area contributed by atoms with E-state index in [1.165, 1.54) is 0 Å². The van der Waals surface area contributed by atoms with Crippen LogP contribution in [-0.2, 0) is 22.9 Å². The van der Waals surface area contributed by atoms with Crippen LogP contribution in [0.25, 0.3) is 0 Å². The number of aliphatic hydroxyl groups is 1. The van der Waals surface area contributed by atoms with Crippen molar-refractivity contribution in [2.24, 2.45) is 0 Å². The van der Waals surface area contributed by atoms with Crippen molar-refractivity contribution in [2.45, 2.75) is 42.3 Å². The lowest BCUT2D eigenvalue weighted by Gasteiger charge is -2.38. The normalized spacial score (nSPS) is 32.4. The maximum absolute atomic E-state index is 14.1. The van der Waals surface area contributed by atoms with Crippen LogP contribution in [-0.4, -0.2) is 86.5 Å². The zero-order valence-electron chi connectivity index (χ0n) is 14.0. The van der Waals surface area contributed by atoms with Crippen molar-refractivity contribution in [1.29, 1.82) is 0 Å². The fourth-order valence-electron chi connectivity index (χ4n) is 2.50. The first-order chi connectivity index (χ1) is 11.9. The molecule has 5 atom stereocenters. The topological polar surface area (TPSA) is 183 Å². The van der Waals surface area contributed by atoms with E-state index in [1.54, 1.807) is 0 Å². The quantitative estimate of drug-likeness (QED) is 0.195. The molecule has 2 unspecified atom stereocenters.